The Hall–Kier alpha value is -2.62. The average molecular weight is 323 g/mol. The van der Waals surface area contributed by atoms with Gasteiger partial charge in [-0.15, -0.1) is 0 Å². The van der Waals surface area contributed by atoms with E-state index < -0.39 is 11.9 Å². The Bertz CT molecular complexity index is 767. The van der Waals surface area contributed by atoms with Crippen LogP contribution in [0.3, 0.4) is 0 Å². The van der Waals surface area contributed by atoms with E-state index in [1.165, 1.54) is 11.1 Å². The monoisotopic (exact) mass is 323 g/mol. The molecule has 0 spiro atoms. The summed E-state index contributed by atoms with van der Waals surface area (Å²) in [5.74, 6) is -1.06. The summed E-state index contributed by atoms with van der Waals surface area (Å²) in [5, 5.41) is 12.0. The zero-order valence-corrected chi connectivity index (χ0v) is 13.8. The number of rotatable bonds is 5. The van der Waals surface area contributed by atoms with Crippen LogP contribution in [0.5, 0.6) is 0 Å². The van der Waals surface area contributed by atoms with Crippen molar-refractivity contribution in [2.24, 2.45) is 5.92 Å². The van der Waals surface area contributed by atoms with Gasteiger partial charge in [-0.3, -0.25) is 9.59 Å². The lowest BCUT2D eigenvalue weighted by Gasteiger charge is -2.09. The maximum absolute atomic E-state index is 12.4. The number of aryl methyl sites for hydroxylation is 1. The fraction of sp³-hybridized carbons (Fsp3) is 0.300. The molecule has 2 N–H and O–H groups in total. The Kier molecular flexibility index (Phi) is 4.38. The first-order valence-electron chi connectivity index (χ1n) is 8.16. The number of amides is 1. The van der Waals surface area contributed by atoms with Gasteiger partial charge in [-0.25, -0.2) is 0 Å². The first-order valence-corrected chi connectivity index (χ1v) is 8.16. The van der Waals surface area contributed by atoms with Crippen LogP contribution in [0.1, 0.15) is 41.9 Å². The van der Waals surface area contributed by atoms with Crippen molar-refractivity contribution in [2.75, 3.05) is 5.32 Å². The number of carbonyl (C=O) groups is 2. The predicted octanol–water partition coefficient (Wildman–Crippen LogP) is 3.93. The molecule has 1 aliphatic rings. The molecule has 0 aromatic heterocycles. The molecule has 1 amide bonds. The van der Waals surface area contributed by atoms with Crippen molar-refractivity contribution in [3.8, 4) is 0 Å². The Balaban J connectivity index is 1.62. The molecule has 1 aliphatic carbocycles. The molecule has 124 valence electrons. The molecule has 1 fully saturated rings. The van der Waals surface area contributed by atoms with Gasteiger partial charge in [0.05, 0.1) is 5.92 Å². The number of benzene rings is 2. The zero-order chi connectivity index (χ0) is 17.3. The van der Waals surface area contributed by atoms with Crippen molar-refractivity contribution in [2.45, 2.75) is 32.1 Å². The molecular weight excluding hydrogens is 302 g/mol. The van der Waals surface area contributed by atoms with Crippen molar-refractivity contribution in [1.82, 2.24) is 0 Å². The van der Waals surface area contributed by atoms with Crippen LogP contribution in [0, 0.1) is 12.8 Å². The molecule has 4 nitrogen and oxygen atoms in total. The lowest BCUT2D eigenvalue weighted by atomic mass is 10.0. The van der Waals surface area contributed by atoms with Crippen molar-refractivity contribution in [1.29, 1.82) is 0 Å². The van der Waals surface area contributed by atoms with Crippen LogP contribution >= 0.6 is 0 Å². The fourth-order valence-corrected chi connectivity index (χ4v) is 3.06. The first-order chi connectivity index (χ1) is 11.5. The maximum Gasteiger partial charge on any atom is 0.310 e. The van der Waals surface area contributed by atoms with Gasteiger partial charge in [0, 0.05) is 11.6 Å². The SMILES string of the molecule is Cc1ccccc1C1CC1C(=O)Nc1ccc(C(C)C(=O)O)cc1. The van der Waals surface area contributed by atoms with Gasteiger partial charge in [0.15, 0.2) is 0 Å². The molecule has 0 bridgehead atoms. The minimum Gasteiger partial charge on any atom is -0.481 e. The van der Waals surface area contributed by atoms with Crippen LogP contribution in [0.2, 0.25) is 0 Å². The van der Waals surface area contributed by atoms with Gasteiger partial charge in [-0.05, 0) is 55.0 Å². The quantitative estimate of drug-likeness (QED) is 0.876. The Morgan fingerprint density at radius 3 is 2.42 bits per heavy atom. The molecule has 24 heavy (non-hydrogen) atoms. The summed E-state index contributed by atoms with van der Waals surface area (Å²) in [7, 11) is 0. The molecule has 3 rings (SSSR count). The number of nitrogens with one attached hydrogen (secondary N) is 1. The summed E-state index contributed by atoms with van der Waals surface area (Å²) in [6, 6.07) is 15.2. The van der Waals surface area contributed by atoms with Crippen molar-refractivity contribution in [3.63, 3.8) is 0 Å². The number of hydrogen-bond acceptors (Lipinski definition) is 2. The lowest BCUT2D eigenvalue weighted by Crippen LogP contribution is -2.15. The van der Waals surface area contributed by atoms with Gasteiger partial charge in [0.25, 0.3) is 0 Å². The standard InChI is InChI=1S/C20H21NO3/c1-12-5-3-4-6-16(12)17-11-18(17)19(22)21-15-9-7-14(8-10-15)13(2)20(23)24/h3-10,13,17-18H,11H2,1-2H3,(H,21,22)(H,23,24). The van der Waals surface area contributed by atoms with E-state index >= 15 is 0 Å². The van der Waals surface area contributed by atoms with E-state index in [-0.39, 0.29) is 11.8 Å². The number of anilines is 1. The van der Waals surface area contributed by atoms with E-state index in [4.69, 9.17) is 5.11 Å². The third-order valence-electron chi connectivity index (χ3n) is 4.76. The molecule has 0 heterocycles. The first kappa shape index (κ1) is 16.2. The third kappa shape index (κ3) is 3.32. The molecule has 2 aromatic carbocycles. The lowest BCUT2D eigenvalue weighted by molar-refractivity contribution is -0.138. The summed E-state index contributed by atoms with van der Waals surface area (Å²) in [6.45, 7) is 3.72. The van der Waals surface area contributed by atoms with Gasteiger partial charge >= 0.3 is 5.97 Å². The topological polar surface area (TPSA) is 66.4 Å². The van der Waals surface area contributed by atoms with Crippen molar-refractivity contribution >= 4 is 17.6 Å². The summed E-state index contributed by atoms with van der Waals surface area (Å²) in [5.41, 5.74) is 3.91. The minimum atomic E-state index is -0.856. The van der Waals surface area contributed by atoms with E-state index in [0.717, 1.165) is 12.0 Å². The van der Waals surface area contributed by atoms with Gasteiger partial charge in [-0.1, -0.05) is 36.4 Å². The summed E-state index contributed by atoms with van der Waals surface area (Å²) in [6.07, 6.45) is 0.880. The fourth-order valence-electron chi connectivity index (χ4n) is 3.06. The van der Waals surface area contributed by atoms with E-state index in [2.05, 4.69) is 24.4 Å². The molecular formula is C20H21NO3. The van der Waals surface area contributed by atoms with Crippen LogP contribution < -0.4 is 5.32 Å². The Morgan fingerprint density at radius 1 is 1.12 bits per heavy atom. The number of carbonyl (C=O) groups excluding carboxylic acids is 1. The second-order valence-corrected chi connectivity index (χ2v) is 6.48. The smallest absolute Gasteiger partial charge is 0.310 e. The van der Waals surface area contributed by atoms with Gasteiger partial charge in [0.1, 0.15) is 0 Å². The van der Waals surface area contributed by atoms with Crippen LogP contribution in [-0.4, -0.2) is 17.0 Å². The number of aliphatic carboxylic acids is 1. The highest BCUT2D eigenvalue weighted by atomic mass is 16.4. The second-order valence-electron chi connectivity index (χ2n) is 6.48. The van der Waals surface area contributed by atoms with Gasteiger partial charge in [-0.2, -0.15) is 0 Å². The molecule has 4 heteroatoms. The molecule has 2 aromatic rings. The Morgan fingerprint density at radius 2 is 1.79 bits per heavy atom. The molecule has 0 saturated heterocycles. The number of hydrogen-bond donors (Lipinski definition) is 2. The van der Waals surface area contributed by atoms with Crippen molar-refractivity contribution < 1.29 is 14.7 Å². The normalized spacial score (nSPS) is 20.2. The molecule has 1 saturated carbocycles. The van der Waals surface area contributed by atoms with Gasteiger partial charge in [0.2, 0.25) is 5.91 Å². The molecule has 3 atom stereocenters. The van der Waals surface area contributed by atoms with Crippen LogP contribution in [-0.2, 0) is 9.59 Å². The predicted molar refractivity (Wildman–Crippen MR) is 93.1 cm³/mol. The second kappa shape index (κ2) is 6.48. The van der Waals surface area contributed by atoms with Crippen LogP contribution in [0.15, 0.2) is 48.5 Å². The maximum atomic E-state index is 12.4. The summed E-state index contributed by atoms with van der Waals surface area (Å²) < 4.78 is 0. The van der Waals surface area contributed by atoms with E-state index in [0.29, 0.717) is 11.6 Å². The number of carboxylic acids is 1. The summed E-state index contributed by atoms with van der Waals surface area (Å²) >= 11 is 0. The average Bonchev–Trinajstić information content (AvgIpc) is 3.36. The van der Waals surface area contributed by atoms with E-state index in [9.17, 15) is 9.59 Å². The molecule has 3 unspecified atom stereocenters. The van der Waals surface area contributed by atoms with E-state index in [1.807, 2.05) is 12.1 Å². The minimum absolute atomic E-state index is 0.0173. The van der Waals surface area contributed by atoms with Gasteiger partial charge < -0.3 is 10.4 Å². The highest BCUT2D eigenvalue weighted by Gasteiger charge is 2.44. The highest BCUT2D eigenvalue weighted by molar-refractivity contribution is 5.95. The Labute approximate surface area is 141 Å². The number of carboxylic acid groups (broad SMARTS) is 1. The van der Waals surface area contributed by atoms with Crippen LogP contribution in [0.25, 0.3) is 0 Å². The highest BCUT2D eigenvalue weighted by Crippen LogP contribution is 2.48. The molecule has 0 aliphatic heterocycles. The summed E-state index contributed by atoms with van der Waals surface area (Å²) in [4.78, 5) is 23.4. The van der Waals surface area contributed by atoms with E-state index in [1.54, 1.807) is 31.2 Å². The van der Waals surface area contributed by atoms with Crippen molar-refractivity contribution in [3.05, 3.63) is 65.2 Å². The zero-order valence-electron chi connectivity index (χ0n) is 13.8. The van der Waals surface area contributed by atoms with Crippen LogP contribution in [0.4, 0.5) is 5.69 Å². The third-order valence-corrected chi connectivity index (χ3v) is 4.76. The molecule has 0 radical (unpaired) electrons. The largest absolute Gasteiger partial charge is 0.481 e.